The van der Waals surface area contributed by atoms with Gasteiger partial charge in [0.1, 0.15) is 0 Å². The summed E-state index contributed by atoms with van der Waals surface area (Å²) in [7, 11) is 0. The maximum absolute atomic E-state index is 12.2. The lowest BCUT2D eigenvalue weighted by Gasteiger charge is -2.26. The van der Waals surface area contributed by atoms with E-state index in [2.05, 4.69) is 173 Å². The average Bonchev–Trinajstić information content (AvgIpc) is 4.06. The Morgan fingerprint density at radius 1 is 0.506 bits per heavy atom. The quantitative estimate of drug-likeness (QED) is 0.111. The summed E-state index contributed by atoms with van der Waals surface area (Å²) in [6.07, 6.45) is 17.4. The fraction of sp³-hybridized carbons (Fsp3) is 1.00. The summed E-state index contributed by atoms with van der Waals surface area (Å²) in [6, 6.07) is 0. The fourth-order valence-electron chi connectivity index (χ4n) is 9.08. The first-order chi connectivity index (χ1) is 36.3. The van der Waals surface area contributed by atoms with Gasteiger partial charge < -0.3 is 37.9 Å². The number of alkyl halides is 2. The molecule has 2 saturated carbocycles. The van der Waals surface area contributed by atoms with Crippen LogP contribution in [0.5, 0.6) is 0 Å². The highest BCUT2D eigenvalue weighted by molar-refractivity contribution is 4.96. The Labute approximate surface area is 490 Å². The van der Waals surface area contributed by atoms with Crippen LogP contribution in [0, 0.1) is 82.3 Å². The molecule has 0 aromatic rings. The number of epoxide rings is 8. The monoisotopic (exact) mass is 1130 g/mol. The van der Waals surface area contributed by atoms with Crippen LogP contribution < -0.4 is 0 Å². The van der Waals surface area contributed by atoms with E-state index >= 15 is 0 Å². The maximum Gasteiger partial charge on any atom is 0.251 e. The minimum Gasteiger partial charge on any atom is -0.373 e. The fourth-order valence-corrected chi connectivity index (χ4v) is 9.08. The summed E-state index contributed by atoms with van der Waals surface area (Å²) in [6.45, 7) is 65.7. The molecule has 10 heteroatoms. The Bertz CT molecular complexity index is 1410. The Hall–Kier alpha value is -0.460. The molecule has 10 fully saturated rings. The molecule has 0 radical (unpaired) electrons. The standard InChI is InChI=1S/2C8H16O.C7H12F2.3C7H14O.C7H14.3C6H12O/c1-6(2)8(3,4)7-5-9-7;1-6(2)5-7-8(3,4)9-7;1-5(2)3-6-4-7(6,8)9;1-6(2)4-7(3)5-8-7;1-5(2)6(3)7-4-8-7;1-5(2)4-7-6(3)8-7;1-6(2)5-7-3-4-7;3*1-5(2)3-6-4-7-6/h2*6-7H,5H2,1-4H3;5-6H,3-4H2,1-2H3;6H,4-5H2,1-3H3;2*5-7H,4H2,1-3H3;6-7H,3-5H2,1-2H3;3*5-6H,3-4H2,1-2H3/t;;;;;;;2*6-;/m.......10./s1. The van der Waals surface area contributed by atoms with Crippen LogP contribution in [0.3, 0.4) is 0 Å². The molecule has 0 aromatic heterocycles. The molecule has 0 bridgehead atoms. The molecule has 10 aliphatic rings. The minimum absolute atomic E-state index is 0.130. The van der Waals surface area contributed by atoms with E-state index in [1.807, 2.05) is 13.8 Å². The van der Waals surface area contributed by atoms with Crippen LogP contribution >= 0.6 is 0 Å². The van der Waals surface area contributed by atoms with Crippen molar-refractivity contribution in [3.63, 3.8) is 0 Å². The Kier molecular flexibility index (Phi) is 35.4. The topological polar surface area (TPSA) is 100 Å². The molecule has 79 heavy (non-hydrogen) atoms. The van der Waals surface area contributed by atoms with Crippen LogP contribution in [0.4, 0.5) is 8.78 Å². The third-order valence-corrected chi connectivity index (χ3v) is 16.1. The normalized spacial score (nSPS) is 30.0. The van der Waals surface area contributed by atoms with Crippen LogP contribution in [0.2, 0.25) is 0 Å². The number of hydrogen-bond acceptors (Lipinski definition) is 8. The zero-order chi connectivity index (χ0) is 60.8. The molecule has 474 valence electrons. The van der Waals surface area contributed by atoms with E-state index in [0.29, 0.717) is 66.6 Å². The molecule has 11 atom stereocenters. The molecule has 2 aliphatic carbocycles. The second-order valence-corrected chi connectivity index (χ2v) is 31.1. The van der Waals surface area contributed by atoms with Crippen LogP contribution in [0.25, 0.3) is 0 Å². The van der Waals surface area contributed by atoms with E-state index < -0.39 is 5.92 Å². The van der Waals surface area contributed by atoms with E-state index in [4.69, 9.17) is 37.9 Å². The van der Waals surface area contributed by atoms with Gasteiger partial charge in [0.2, 0.25) is 0 Å². The predicted octanol–water partition coefficient (Wildman–Crippen LogP) is 19.0. The Morgan fingerprint density at radius 2 is 0.861 bits per heavy atom. The number of halogens is 2. The molecule has 0 aromatic carbocycles. The van der Waals surface area contributed by atoms with E-state index in [9.17, 15) is 8.78 Å². The summed E-state index contributed by atoms with van der Waals surface area (Å²) in [5.74, 6) is 6.94. The highest BCUT2D eigenvalue weighted by atomic mass is 19.3. The van der Waals surface area contributed by atoms with Crippen LogP contribution in [-0.2, 0) is 37.9 Å². The van der Waals surface area contributed by atoms with Gasteiger partial charge in [-0.15, -0.1) is 0 Å². The van der Waals surface area contributed by atoms with Gasteiger partial charge in [-0.25, -0.2) is 8.78 Å². The minimum atomic E-state index is -2.30. The van der Waals surface area contributed by atoms with E-state index in [1.165, 1.54) is 57.8 Å². The van der Waals surface area contributed by atoms with Gasteiger partial charge >= 0.3 is 0 Å². The van der Waals surface area contributed by atoms with Gasteiger partial charge in [0.25, 0.3) is 5.92 Å². The van der Waals surface area contributed by atoms with Gasteiger partial charge in [-0.05, 0) is 155 Å². The molecule has 8 aliphatic heterocycles. The molecule has 0 N–H and O–H groups in total. The van der Waals surface area contributed by atoms with Crippen LogP contribution in [0.1, 0.15) is 258 Å². The lowest BCUT2D eigenvalue weighted by Crippen LogP contribution is -2.25. The summed E-state index contributed by atoms with van der Waals surface area (Å²) in [5.41, 5.74) is 0.860. The van der Waals surface area contributed by atoms with Crippen molar-refractivity contribution in [3.05, 3.63) is 0 Å². The van der Waals surface area contributed by atoms with E-state index in [1.54, 1.807) is 0 Å². The largest absolute Gasteiger partial charge is 0.373 e. The summed E-state index contributed by atoms with van der Waals surface area (Å²) >= 11 is 0. The van der Waals surface area contributed by atoms with E-state index in [0.717, 1.165) is 105 Å². The first-order valence-corrected chi connectivity index (χ1v) is 32.7. The third-order valence-electron chi connectivity index (χ3n) is 16.1. The van der Waals surface area contributed by atoms with Crippen LogP contribution in [-0.4, -0.2) is 106 Å². The van der Waals surface area contributed by atoms with Crippen molar-refractivity contribution in [2.24, 2.45) is 82.3 Å². The molecule has 8 nitrogen and oxygen atoms in total. The van der Waals surface area contributed by atoms with Gasteiger partial charge in [-0.3, -0.25) is 0 Å². The van der Waals surface area contributed by atoms with Crippen molar-refractivity contribution in [3.8, 4) is 0 Å². The maximum atomic E-state index is 12.2. The SMILES string of the molecule is CC(C)C(C)(C)C1CO1.CC(C)C(C)C1CO1.CC(C)CC1(C)CO1.CC(C)CC1CC1.CC(C)CC1CC1(F)F.CC(C)CC1CO1.CC(C)CC1OC1(C)C.CC(C)CC1OC1C.CC(C)C[C@@H]1CO1.CC(C)C[C@H]1CO1. The second kappa shape index (κ2) is 36.5. The summed E-state index contributed by atoms with van der Waals surface area (Å²) < 4.78 is 65.6. The number of hydrogen-bond donors (Lipinski definition) is 0. The molecule has 8 saturated heterocycles. The summed E-state index contributed by atoms with van der Waals surface area (Å²) in [4.78, 5) is 0. The molecule has 10 rings (SSSR count). The smallest absolute Gasteiger partial charge is 0.251 e. The van der Waals surface area contributed by atoms with Gasteiger partial charge in [-0.1, -0.05) is 172 Å². The Morgan fingerprint density at radius 3 is 0.962 bits per heavy atom. The molecule has 8 heterocycles. The average molecular weight is 1130 g/mol. The molecular weight excluding hydrogens is 995 g/mol. The number of ether oxygens (including phenoxy) is 8. The van der Waals surface area contributed by atoms with Crippen molar-refractivity contribution in [2.45, 2.75) is 324 Å². The zero-order valence-corrected chi connectivity index (χ0v) is 57.2. The van der Waals surface area contributed by atoms with Crippen molar-refractivity contribution in [2.75, 3.05) is 39.6 Å². The third kappa shape index (κ3) is 44.7. The lowest BCUT2D eigenvalue weighted by molar-refractivity contribution is 0.0941. The van der Waals surface area contributed by atoms with Crippen molar-refractivity contribution >= 4 is 0 Å². The molecule has 9 unspecified atom stereocenters. The lowest BCUT2D eigenvalue weighted by atomic mass is 9.78. The molecule has 0 spiro atoms. The van der Waals surface area contributed by atoms with E-state index in [-0.39, 0.29) is 23.5 Å². The second-order valence-electron chi connectivity index (χ2n) is 31.1. The van der Waals surface area contributed by atoms with Crippen molar-refractivity contribution in [1.29, 1.82) is 0 Å². The highest BCUT2D eigenvalue weighted by Crippen LogP contribution is 2.51. The van der Waals surface area contributed by atoms with Gasteiger partial charge in [-0.2, -0.15) is 0 Å². The van der Waals surface area contributed by atoms with Gasteiger partial charge in [0.15, 0.2) is 0 Å². The first-order valence-electron chi connectivity index (χ1n) is 32.7. The van der Waals surface area contributed by atoms with Gasteiger partial charge in [0.05, 0.1) is 99.7 Å². The number of rotatable bonds is 20. The Balaban J connectivity index is 0.000000439. The van der Waals surface area contributed by atoms with Crippen LogP contribution in [0.15, 0.2) is 0 Å². The molecular formula is C69H136F2O8. The first kappa shape index (κ1) is 76.6. The molecule has 0 amide bonds. The van der Waals surface area contributed by atoms with Crippen molar-refractivity contribution in [1.82, 2.24) is 0 Å². The zero-order valence-electron chi connectivity index (χ0n) is 57.2. The predicted molar refractivity (Wildman–Crippen MR) is 330 cm³/mol. The van der Waals surface area contributed by atoms with Gasteiger partial charge in [0, 0.05) is 12.3 Å². The van der Waals surface area contributed by atoms with Crippen molar-refractivity contribution < 1.29 is 46.7 Å². The summed E-state index contributed by atoms with van der Waals surface area (Å²) in [5, 5.41) is 0. The highest BCUT2D eigenvalue weighted by Gasteiger charge is 2.56.